The molecule has 1 heterocycles. The van der Waals surface area contributed by atoms with Crippen molar-refractivity contribution in [3.8, 4) is 11.1 Å². The molecule has 1 aromatic heterocycles. The number of anilines is 1. The molecule has 1 aromatic carbocycles. The average Bonchev–Trinajstić information content (AvgIpc) is 2.63. The lowest BCUT2D eigenvalue weighted by Crippen LogP contribution is -2.11. The molecule has 2 aromatic rings. The monoisotopic (exact) mass is 287 g/mol. The van der Waals surface area contributed by atoms with Gasteiger partial charge in [-0.05, 0) is 31.5 Å². The van der Waals surface area contributed by atoms with Crippen molar-refractivity contribution in [1.82, 2.24) is 9.78 Å². The van der Waals surface area contributed by atoms with Crippen LogP contribution in [0.2, 0.25) is 0 Å². The Labute approximate surface area is 122 Å². The second-order valence-electron chi connectivity index (χ2n) is 4.86. The first-order valence-corrected chi connectivity index (χ1v) is 6.52. The van der Waals surface area contributed by atoms with Gasteiger partial charge in [0.1, 0.15) is 6.54 Å². The zero-order chi connectivity index (χ0) is 15.6. The largest absolute Gasteiger partial charge is 0.480 e. The number of nitrogens with zero attached hydrogens (tertiary/aromatic N) is 2. The highest BCUT2D eigenvalue weighted by Crippen LogP contribution is 2.28. The summed E-state index contributed by atoms with van der Waals surface area (Å²) in [5.41, 5.74) is 4.03. The summed E-state index contributed by atoms with van der Waals surface area (Å²) in [6.07, 6.45) is 0. The van der Waals surface area contributed by atoms with Gasteiger partial charge in [0.15, 0.2) is 0 Å². The molecule has 2 rings (SSSR count). The molecule has 0 saturated carbocycles. The van der Waals surface area contributed by atoms with Crippen molar-refractivity contribution in [2.24, 2.45) is 0 Å². The molecular weight excluding hydrogens is 270 g/mol. The second kappa shape index (κ2) is 5.78. The Bertz CT molecular complexity index is 704. The molecule has 0 unspecified atom stereocenters. The Kier molecular flexibility index (Phi) is 4.07. The van der Waals surface area contributed by atoms with Crippen LogP contribution in [0, 0.1) is 13.8 Å². The van der Waals surface area contributed by atoms with Crippen LogP contribution in [0.25, 0.3) is 11.1 Å². The van der Waals surface area contributed by atoms with Gasteiger partial charge in [-0.25, -0.2) is 0 Å². The number of benzene rings is 1. The van der Waals surface area contributed by atoms with E-state index in [4.69, 9.17) is 5.11 Å². The maximum atomic E-state index is 11.1. The third-order valence-corrected chi connectivity index (χ3v) is 3.14. The fraction of sp³-hybridized carbons (Fsp3) is 0.267. The number of aromatic nitrogens is 2. The summed E-state index contributed by atoms with van der Waals surface area (Å²) in [5, 5.41) is 15.9. The van der Waals surface area contributed by atoms with Gasteiger partial charge in [0.25, 0.3) is 0 Å². The maximum Gasteiger partial charge on any atom is 0.325 e. The number of aliphatic carboxylic acids is 1. The molecule has 21 heavy (non-hydrogen) atoms. The molecule has 0 aliphatic rings. The lowest BCUT2D eigenvalue weighted by atomic mass is 10.0. The minimum Gasteiger partial charge on any atom is -0.480 e. The van der Waals surface area contributed by atoms with E-state index in [1.807, 2.05) is 32.0 Å². The summed E-state index contributed by atoms with van der Waals surface area (Å²) < 4.78 is 1.47. The smallest absolute Gasteiger partial charge is 0.325 e. The number of carboxylic acid groups (broad SMARTS) is 1. The Morgan fingerprint density at radius 3 is 2.67 bits per heavy atom. The Balaban J connectivity index is 2.44. The number of amides is 1. The second-order valence-corrected chi connectivity index (χ2v) is 4.86. The van der Waals surface area contributed by atoms with Gasteiger partial charge in [0.05, 0.1) is 5.69 Å². The SMILES string of the molecule is CC(=O)Nc1cccc(-c2c(C)nn(CC(=O)O)c2C)c1. The van der Waals surface area contributed by atoms with Gasteiger partial charge in [0.2, 0.25) is 5.91 Å². The first-order valence-electron chi connectivity index (χ1n) is 6.52. The van der Waals surface area contributed by atoms with E-state index in [9.17, 15) is 9.59 Å². The number of nitrogens with one attached hydrogen (secondary N) is 1. The van der Waals surface area contributed by atoms with Crippen molar-refractivity contribution >= 4 is 17.6 Å². The van der Waals surface area contributed by atoms with Crippen LogP contribution in [0.4, 0.5) is 5.69 Å². The lowest BCUT2D eigenvalue weighted by molar-refractivity contribution is -0.137. The Morgan fingerprint density at radius 1 is 1.33 bits per heavy atom. The predicted octanol–water partition coefficient (Wildman–Crippen LogP) is 2.21. The summed E-state index contributed by atoms with van der Waals surface area (Å²) in [7, 11) is 0. The van der Waals surface area contributed by atoms with Crippen molar-refractivity contribution in [2.45, 2.75) is 27.3 Å². The minimum absolute atomic E-state index is 0.137. The maximum absolute atomic E-state index is 11.1. The fourth-order valence-electron chi connectivity index (χ4n) is 2.35. The van der Waals surface area contributed by atoms with Crippen molar-refractivity contribution in [2.75, 3.05) is 5.32 Å². The van der Waals surface area contributed by atoms with Crippen molar-refractivity contribution in [3.05, 3.63) is 35.7 Å². The van der Waals surface area contributed by atoms with Gasteiger partial charge in [0, 0.05) is 23.9 Å². The number of carbonyl (C=O) groups excluding carboxylic acids is 1. The molecule has 110 valence electrons. The first kappa shape index (κ1) is 14.8. The van der Waals surface area contributed by atoms with Crippen LogP contribution in [0.1, 0.15) is 18.3 Å². The summed E-state index contributed by atoms with van der Waals surface area (Å²) in [4.78, 5) is 22.0. The highest BCUT2D eigenvalue weighted by molar-refractivity contribution is 5.89. The lowest BCUT2D eigenvalue weighted by Gasteiger charge is -2.07. The van der Waals surface area contributed by atoms with E-state index in [0.717, 1.165) is 22.5 Å². The number of hydrogen-bond donors (Lipinski definition) is 2. The third kappa shape index (κ3) is 3.28. The van der Waals surface area contributed by atoms with E-state index < -0.39 is 5.97 Å². The molecule has 6 heteroatoms. The number of aryl methyl sites for hydroxylation is 1. The van der Waals surface area contributed by atoms with Gasteiger partial charge in [-0.2, -0.15) is 5.10 Å². The molecule has 0 aliphatic heterocycles. The molecule has 2 N–H and O–H groups in total. The van der Waals surface area contributed by atoms with E-state index in [0.29, 0.717) is 5.69 Å². The zero-order valence-electron chi connectivity index (χ0n) is 12.2. The quantitative estimate of drug-likeness (QED) is 0.903. The third-order valence-electron chi connectivity index (χ3n) is 3.14. The van der Waals surface area contributed by atoms with Crippen LogP contribution in [-0.2, 0) is 16.1 Å². The molecule has 1 amide bonds. The van der Waals surface area contributed by atoms with E-state index in [-0.39, 0.29) is 12.5 Å². The predicted molar refractivity (Wildman–Crippen MR) is 79.1 cm³/mol. The van der Waals surface area contributed by atoms with Crippen LogP contribution in [0.5, 0.6) is 0 Å². The van der Waals surface area contributed by atoms with E-state index in [2.05, 4.69) is 10.4 Å². The molecule has 0 aliphatic carbocycles. The van der Waals surface area contributed by atoms with E-state index in [1.54, 1.807) is 6.07 Å². The molecule has 0 radical (unpaired) electrons. The topological polar surface area (TPSA) is 84.2 Å². The van der Waals surface area contributed by atoms with E-state index in [1.165, 1.54) is 11.6 Å². The molecule has 6 nitrogen and oxygen atoms in total. The summed E-state index contributed by atoms with van der Waals surface area (Å²) in [6.45, 7) is 4.96. The van der Waals surface area contributed by atoms with Crippen LogP contribution in [0.3, 0.4) is 0 Å². The highest BCUT2D eigenvalue weighted by Gasteiger charge is 2.15. The van der Waals surface area contributed by atoms with Gasteiger partial charge in [-0.1, -0.05) is 12.1 Å². The molecule has 0 bridgehead atoms. The van der Waals surface area contributed by atoms with Crippen LogP contribution in [0.15, 0.2) is 24.3 Å². The van der Waals surface area contributed by atoms with Crippen molar-refractivity contribution in [1.29, 1.82) is 0 Å². The van der Waals surface area contributed by atoms with Crippen molar-refractivity contribution < 1.29 is 14.7 Å². The molecule has 0 saturated heterocycles. The normalized spacial score (nSPS) is 10.4. The van der Waals surface area contributed by atoms with Gasteiger partial charge in [-0.3, -0.25) is 14.3 Å². The van der Waals surface area contributed by atoms with Crippen molar-refractivity contribution in [3.63, 3.8) is 0 Å². The molecular formula is C15H17N3O3. The highest BCUT2D eigenvalue weighted by atomic mass is 16.4. The van der Waals surface area contributed by atoms with Gasteiger partial charge < -0.3 is 10.4 Å². The first-order chi connectivity index (χ1) is 9.88. The van der Waals surface area contributed by atoms with Crippen LogP contribution >= 0.6 is 0 Å². The number of hydrogen-bond acceptors (Lipinski definition) is 3. The summed E-state index contributed by atoms with van der Waals surface area (Å²) in [6, 6.07) is 7.40. The summed E-state index contributed by atoms with van der Waals surface area (Å²) in [5.74, 6) is -1.07. The summed E-state index contributed by atoms with van der Waals surface area (Å²) >= 11 is 0. The zero-order valence-corrected chi connectivity index (χ0v) is 12.2. The average molecular weight is 287 g/mol. The number of carboxylic acids is 1. The standard InChI is InChI=1S/C15H17N3O3/c1-9-15(10(2)18(17-9)8-14(20)21)12-5-4-6-13(7-12)16-11(3)19/h4-7H,8H2,1-3H3,(H,16,19)(H,20,21). The molecule has 0 atom stereocenters. The van der Waals surface area contributed by atoms with Gasteiger partial charge in [-0.15, -0.1) is 0 Å². The molecule has 0 fully saturated rings. The van der Waals surface area contributed by atoms with Crippen LogP contribution < -0.4 is 5.32 Å². The fourth-order valence-corrected chi connectivity index (χ4v) is 2.35. The number of rotatable bonds is 4. The van der Waals surface area contributed by atoms with Crippen LogP contribution in [-0.4, -0.2) is 26.8 Å². The number of carbonyl (C=O) groups is 2. The Hall–Kier alpha value is -2.63. The minimum atomic E-state index is -0.931. The van der Waals surface area contributed by atoms with Gasteiger partial charge >= 0.3 is 5.97 Å². The van der Waals surface area contributed by atoms with E-state index >= 15 is 0 Å². The Morgan fingerprint density at radius 2 is 2.05 bits per heavy atom. The molecule has 0 spiro atoms.